The average Bonchev–Trinajstić information content (AvgIpc) is 1.97. The van der Waals surface area contributed by atoms with Crippen LogP contribution in [0.15, 0.2) is 0 Å². The second-order valence-corrected chi connectivity index (χ2v) is 4.19. The van der Waals surface area contributed by atoms with E-state index in [1.807, 2.05) is 0 Å². The van der Waals surface area contributed by atoms with Crippen molar-refractivity contribution in [2.45, 2.75) is 19.4 Å². The van der Waals surface area contributed by atoms with Crippen molar-refractivity contribution in [3.63, 3.8) is 0 Å². The minimum Gasteiger partial charge on any atom is -0.313 e. The molecule has 9 heavy (non-hydrogen) atoms. The molecule has 1 saturated heterocycles. The lowest BCUT2D eigenvalue weighted by molar-refractivity contribution is 0.567. The minimum absolute atomic E-state index is 0.541. The average molecular weight is 147 g/mol. The highest BCUT2D eigenvalue weighted by Gasteiger charge is 2.09. The Morgan fingerprint density at radius 3 is 3.11 bits per heavy atom. The van der Waals surface area contributed by atoms with Gasteiger partial charge in [0.25, 0.3) is 0 Å². The molecule has 0 radical (unpaired) electrons. The predicted octanol–water partition coefficient (Wildman–Crippen LogP) is 0.117. The molecule has 2 atom stereocenters. The molecule has 1 fully saturated rings. The van der Waals surface area contributed by atoms with Gasteiger partial charge in [0.05, 0.1) is 0 Å². The van der Waals surface area contributed by atoms with E-state index in [0.29, 0.717) is 6.04 Å². The Kier molecular flexibility index (Phi) is 2.66. The van der Waals surface area contributed by atoms with E-state index in [9.17, 15) is 4.21 Å². The van der Waals surface area contributed by atoms with E-state index in [1.165, 1.54) is 0 Å². The number of rotatable bonds is 0. The first-order chi connectivity index (χ1) is 4.29. The van der Waals surface area contributed by atoms with Crippen LogP contribution in [0.5, 0.6) is 0 Å². The van der Waals surface area contributed by atoms with E-state index in [0.717, 1.165) is 24.5 Å². The molecule has 0 aromatic rings. The summed E-state index contributed by atoms with van der Waals surface area (Å²) in [5, 5.41) is 3.28. The summed E-state index contributed by atoms with van der Waals surface area (Å²) in [4.78, 5) is 0. The lowest BCUT2D eigenvalue weighted by Crippen LogP contribution is -2.26. The summed E-state index contributed by atoms with van der Waals surface area (Å²) in [7, 11) is -0.541. The molecule has 0 amide bonds. The summed E-state index contributed by atoms with van der Waals surface area (Å²) in [6.45, 7) is 3.07. The molecular weight excluding hydrogens is 134 g/mol. The SMILES string of the molecule is C[C@H]1CC[S@](=O)CCN1. The summed E-state index contributed by atoms with van der Waals surface area (Å²) < 4.78 is 10.9. The predicted molar refractivity (Wildman–Crippen MR) is 40.0 cm³/mol. The number of hydrogen-bond donors (Lipinski definition) is 1. The number of nitrogens with one attached hydrogen (secondary N) is 1. The van der Waals surface area contributed by atoms with Gasteiger partial charge in [-0.2, -0.15) is 0 Å². The quantitative estimate of drug-likeness (QED) is 0.527. The molecule has 2 nitrogen and oxygen atoms in total. The van der Waals surface area contributed by atoms with Gasteiger partial charge in [-0.15, -0.1) is 0 Å². The van der Waals surface area contributed by atoms with Crippen LogP contribution in [0.1, 0.15) is 13.3 Å². The lowest BCUT2D eigenvalue weighted by Gasteiger charge is -2.05. The fourth-order valence-electron chi connectivity index (χ4n) is 0.932. The van der Waals surface area contributed by atoms with Crippen molar-refractivity contribution in [2.75, 3.05) is 18.1 Å². The first kappa shape index (κ1) is 7.22. The summed E-state index contributed by atoms with van der Waals surface area (Å²) in [6, 6.07) is 0.566. The van der Waals surface area contributed by atoms with E-state index < -0.39 is 10.8 Å². The monoisotopic (exact) mass is 147 g/mol. The van der Waals surface area contributed by atoms with Crippen molar-refractivity contribution in [2.24, 2.45) is 0 Å². The molecule has 0 bridgehead atoms. The van der Waals surface area contributed by atoms with Crippen molar-refractivity contribution in [1.82, 2.24) is 5.32 Å². The molecule has 1 heterocycles. The Morgan fingerprint density at radius 2 is 2.33 bits per heavy atom. The summed E-state index contributed by atoms with van der Waals surface area (Å²) in [5.41, 5.74) is 0. The van der Waals surface area contributed by atoms with Crippen molar-refractivity contribution < 1.29 is 4.21 Å². The summed E-state index contributed by atoms with van der Waals surface area (Å²) in [5.74, 6) is 1.72. The van der Waals surface area contributed by atoms with Gasteiger partial charge in [0.1, 0.15) is 0 Å². The third kappa shape index (κ3) is 2.45. The molecule has 0 saturated carbocycles. The second-order valence-electron chi connectivity index (χ2n) is 2.49. The van der Waals surface area contributed by atoms with E-state index >= 15 is 0 Å². The van der Waals surface area contributed by atoms with E-state index in [-0.39, 0.29) is 0 Å². The van der Waals surface area contributed by atoms with Crippen LogP contribution < -0.4 is 5.32 Å². The molecule has 0 spiro atoms. The zero-order chi connectivity index (χ0) is 6.69. The molecule has 1 rings (SSSR count). The van der Waals surface area contributed by atoms with Crippen LogP contribution >= 0.6 is 0 Å². The maximum atomic E-state index is 10.9. The molecule has 0 aromatic carbocycles. The van der Waals surface area contributed by atoms with Gasteiger partial charge in [-0.1, -0.05) is 0 Å². The molecule has 1 aliphatic heterocycles. The van der Waals surface area contributed by atoms with Gasteiger partial charge in [-0.05, 0) is 13.3 Å². The molecule has 54 valence electrons. The molecular formula is C6H13NOS. The molecule has 1 N–H and O–H groups in total. The largest absolute Gasteiger partial charge is 0.313 e. The third-order valence-electron chi connectivity index (χ3n) is 1.60. The second kappa shape index (κ2) is 3.32. The Hall–Kier alpha value is 0.110. The van der Waals surface area contributed by atoms with Gasteiger partial charge >= 0.3 is 0 Å². The van der Waals surface area contributed by atoms with Gasteiger partial charge < -0.3 is 5.32 Å². The maximum absolute atomic E-state index is 10.9. The van der Waals surface area contributed by atoms with Crippen LogP contribution in [0.3, 0.4) is 0 Å². The van der Waals surface area contributed by atoms with Crippen LogP contribution in [0.4, 0.5) is 0 Å². The van der Waals surface area contributed by atoms with Crippen molar-refractivity contribution in [1.29, 1.82) is 0 Å². The first-order valence-electron chi connectivity index (χ1n) is 3.37. The van der Waals surface area contributed by atoms with Gasteiger partial charge in [-0.25, -0.2) is 0 Å². The van der Waals surface area contributed by atoms with Gasteiger partial charge in [0, 0.05) is 34.9 Å². The summed E-state index contributed by atoms with van der Waals surface area (Å²) >= 11 is 0. The Morgan fingerprint density at radius 1 is 1.56 bits per heavy atom. The fraction of sp³-hybridized carbons (Fsp3) is 1.00. The van der Waals surface area contributed by atoms with E-state index in [1.54, 1.807) is 0 Å². The standard InChI is InChI=1S/C6H13NOS/c1-6-2-4-9(8)5-3-7-6/h6-7H,2-5H2,1H3/t6-,9-/m0/s1. The van der Waals surface area contributed by atoms with Crippen molar-refractivity contribution >= 4 is 10.8 Å². The third-order valence-corrected chi connectivity index (χ3v) is 2.95. The number of hydrogen-bond acceptors (Lipinski definition) is 2. The van der Waals surface area contributed by atoms with Crippen LogP contribution in [0.2, 0.25) is 0 Å². The summed E-state index contributed by atoms with van der Waals surface area (Å²) in [6.07, 6.45) is 1.06. The molecule has 0 unspecified atom stereocenters. The van der Waals surface area contributed by atoms with E-state index in [4.69, 9.17) is 0 Å². The molecule has 3 heteroatoms. The maximum Gasteiger partial charge on any atom is 0.0360 e. The highest BCUT2D eigenvalue weighted by atomic mass is 32.2. The normalized spacial score (nSPS) is 37.9. The lowest BCUT2D eigenvalue weighted by atomic mass is 10.3. The van der Waals surface area contributed by atoms with Gasteiger partial charge in [0.15, 0.2) is 0 Å². The van der Waals surface area contributed by atoms with Crippen molar-refractivity contribution in [3.8, 4) is 0 Å². The highest BCUT2D eigenvalue weighted by Crippen LogP contribution is 1.97. The van der Waals surface area contributed by atoms with Gasteiger partial charge in [-0.3, -0.25) is 4.21 Å². The molecule has 1 aliphatic rings. The molecule has 0 aromatic heterocycles. The smallest absolute Gasteiger partial charge is 0.0360 e. The zero-order valence-corrected chi connectivity index (χ0v) is 6.54. The Bertz CT molecular complexity index is 116. The highest BCUT2D eigenvalue weighted by molar-refractivity contribution is 7.85. The first-order valence-corrected chi connectivity index (χ1v) is 4.86. The topological polar surface area (TPSA) is 29.1 Å². The Labute approximate surface area is 58.5 Å². The van der Waals surface area contributed by atoms with Crippen LogP contribution in [0, 0.1) is 0 Å². The zero-order valence-electron chi connectivity index (χ0n) is 5.72. The molecule has 0 aliphatic carbocycles. The van der Waals surface area contributed by atoms with Crippen LogP contribution in [-0.4, -0.2) is 28.3 Å². The van der Waals surface area contributed by atoms with Gasteiger partial charge in [0.2, 0.25) is 0 Å². The van der Waals surface area contributed by atoms with Crippen molar-refractivity contribution in [3.05, 3.63) is 0 Å². The Balaban J connectivity index is 2.34. The van der Waals surface area contributed by atoms with Crippen LogP contribution in [-0.2, 0) is 10.8 Å². The fourth-order valence-corrected chi connectivity index (χ4v) is 2.10. The van der Waals surface area contributed by atoms with Crippen LogP contribution in [0.25, 0.3) is 0 Å². The minimum atomic E-state index is -0.541. The van der Waals surface area contributed by atoms with E-state index in [2.05, 4.69) is 12.2 Å².